The van der Waals surface area contributed by atoms with Gasteiger partial charge in [0, 0.05) is 17.1 Å². The van der Waals surface area contributed by atoms with Gasteiger partial charge < -0.3 is 4.90 Å². The van der Waals surface area contributed by atoms with E-state index in [0.717, 1.165) is 22.6 Å². The summed E-state index contributed by atoms with van der Waals surface area (Å²) >= 11 is 0. The standard InChI is InChI=1S/C77H53N/c1-4-16-54(17-5-1)56-30-36-60(37-31-56)65-22-15-27-72(52-65)78(70-45-40-58(41-46-70)57-32-34-59(35-33-57)63-20-14-21-64(50-63)66-39-38-55-18-10-11-19-62(55)51-66)71-47-42-61(43-48-71)67-44-49-74-73-28-12-13-29-75(73)77(76(74)53-67,68-23-6-2-7-24-68)69-25-8-3-9-26-69/h1-53H. The van der Waals surface area contributed by atoms with E-state index in [2.05, 4.69) is 326 Å². The van der Waals surface area contributed by atoms with Gasteiger partial charge in [-0.15, -0.1) is 0 Å². The van der Waals surface area contributed by atoms with Crippen molar-refractivity contribution >= 4 is 27.8 Å². The molecule has 366 valence electrons. The molecule has 0 atom stereocenters. The fourth-order valence-electron chi connectivity index (χ4n) is 12.1. The van der Waals surface area contributed by atoms with Crippen LogP contribution in [0.2, 0.25) is 0 Å². The number of nitrogens with zero attached hydrogens (tertiary/aromatic N) is 1. The number of rotatable bonds is 11. The maximum Gasteiger partial charge on any atom is 0.0713 e. The predicted octanol–water partition coefficient (Wildman–Crippen LogP) is 20.7. The first-order valence-electron chi connectivity index (χ1n) is 27.0. The Bertz CT molecular complexity index is 4220. The molecule has 0 aliphatic heterocycles. The van der Waals surface area contributed by atoms with Gasteiger partial charge in [-0.3, -0.25) is 0 Å². The van der Waals surface area contributed by atoms with E-state index in [-0.39, 0.29) is 0 Å². The van der Waals surface area contributed by atoms with Crippen LogP contribution in [0, 0.1) is 0 Å². The molecule has 0 saturated carbocycles. The second-order valence-corrected chi connectivity index (χ2v) is 20.4. The van der Waals surface area contributed by atoms with Crippen LogP contribution in [0.3, 0.4) is 0 Å². The molecule has 13 aromatic carbocycles. The van der Waals surface area contributed by atoms with Crippen molar-refractivity contribution < 1.29 is 0 Å². The van der Waals surface area contributed by atoms with Crippen molar-refractivity contribution in [1.82, 2.24) is 0 Å². The summed E-state index contributed by atoms with van der Waals surface area (Å²) in [6, 6.07) is 118. The SMILES string of the molecule is c1ccc(-c2ccc(-c3cccc(N(c4ccc(-c5ccc(-c6cccc(-c7ccc8ccccc8c7)c6)cc5)cc4)c4ccc(-c5ccc6c(c5)C(c5ccccc5)(c5ccccc5)c5ccccc5-6)cc4)c3)cc2)cc1. The Balaban J connectivity index is 0.810. The Morgan fingerprint density at radius 1 is 0.192 bits per heavy atom. The summed E-state index contributed by atoms with van der Waals surface area (Å²) in [5, 5.41) is 2.51. The molecule has 1 aliphatic carbocycles. The summed E-state index contributed by atoms with van der Waals surface area (Å²) in [5.41, 5.74) is 24.8. The van der Waals surface area contributed by atoms with Crippen LogP contribution >= 0.6 is 0 Å². The van der Waals surface area contributed by atoms with E-state index in [0.29, 0.717) is 0 Å². The van der Waals surface area contributed by atoms with Crippen LogP contribution in [0.5, 0.6) is 0 Å². The van der Waals surface area contributed by atoms with Crippen LogP contribution in [0.1, 0.15) is 22.3 Å². The molecule has 0 amide bonds. The van der Waals surface area contributed by atoms with Gasteiger partial charge in [0.15, 0.2) is 0 Å². The predicted molar refractivity (Wildman–Crippen MR) is 329 cm³/mol. The van der Waals surface area contributed by atoms with Crippen LogP contribution in [-0.4, -0.2) is 0 Å². The van der Waals surface area contributed by atoms with E-state index < -0.39 is 5.41 Å². The highest BCUT2D eigenvalue weighted by atomic mass is 15.1. The first kappa shape index (κ1) is 46.5. The van der Waals surface area contributed by atoms with Crippen molar-refractivity contribution in [2.45, 2.75) is 5.41 Å². The summed E-state index contributed by atoms with van der Waals surface area (Å²) in [7, 11) is 0. The van der Waals surface area contributed by atoms with Crippen molar-refractivity contribution in [3.05, 3.63) is 344 Å². The number of fused-ring (bicyclic) bond motifs is 4. The molecule has 0 saturated heterocycles. The molecule has 78 heavy (non-hydrogen) atoms. The zero-order chi connectivity index (χ0) is 51.8. The Hall–Kier alpha value is -10.1. The fourth-order valence-corrected chi connectivity index (χ4v) is 12.1. The lowest BCUT2D eigenvalue weighted by atomic mass is 9.67. The van der Waals surface area contributed by atoms with E-state index in [1.54, 1.807) is 0 Å². The Morgan fingerprint density at radius 2 is 0.564 bits per heavy atom. The molecule has 0 N–H and O–H groups in total. The number of benzene rings is 13. The molecule has 0 unspecified atom stereocenters. The molecule has 13 aromatic rings. The third-order valence-corrected chi connectivity index (χ3v) is 16.0. The van der Waals surface area contributed by atoms with E-state index in [1.165, 1.54) is 105 Å². The lowest BCUT2D eigenvalue weighted by Gasteiger charge is -2.34. The summed E-state index contributed by atoms with van der Waals surface area (Å²) in [5.74, 6) is 0. The van der Waals surface area contributed by atoms with Crippen LogP contribution in [0.4, 0.5) is 17.1 Å². The minimum Gasteiger partial charge on any atom is -0.310 e. The highest BCUT2D eigenvalue weighted by Gasteiger charge is 2.46. The highest BCUT2D eigenvalue weighted by molar-refractivity contribution is 5.91. The third kappa shape index (κ3) is 8.39. The van der Waals surface area contributed by atoms with Gasteiger partial charge in [-0.05, 0) is 166 Å². The van der Waals surface area contributed by atoms with Gasteiger partial charge in [-0.25, -0.2) is 0 Å². The molecule has 0 bridgehead atoms. The minimum absolute atomic E-state index is 0.465. The molecule has 1 heteroatoms. The summed E-state index contributed by atoms with van der Waals surface area (Å²) in [6.07, 6.45) is 0. The van der Waals surface area contributed by atoms with E-state index in [9.17, 15) is 0 Å². The van der Waals surface area contributed by atoms with Gasteiger partial charge in [0.25, 0.3) is 0 Å². The van der Waals surface area contributed by atoms with Crippen LogP contribution < -0.4 is 4.90 Å². The molecule has 0 fully saturated rings. The Morgan fingerprint density at radius 3 is 1.15 bits per heavy atom. The van der Waals surface area contributed by atoms with Gasteiger partial charge in [0.1, 0.15) is 0 Å². The summed E-state index contributed by atoms with van der Waals surface area (Å²) < 4.78 is 0. The molecule has 1 aliphatic rings. The summed E-state index contributed by atoms with van der Waals surface area (Å²) in [4.78, 5) is 2.39. The molecule has 1 nitrogen and oxygen atoms in total. The monoisotopic (exact) mass is 991 g/mol. The third-order valence-electron chi connectivity index (χ3n) is 16.0. The highest BCUT2D eigenvalue weighted by Crippen LogP contribution is 2.57. The molecule has 0 spiro atoms. The molecular formula is C77H53N. The zero-order valence-corrected chi connectivity index (χ0v) is 43.0. The average Bonchev–Trinajstić information content (AvgIpc) is 3.79. The largest absolute Gasteiger partial charge is 0.310 e. The number of hydrogen-bond donors (Lipinski definition) is 0. The van der Waals surface area contributed by atoms with Crippen molar-refractivity contribution in [2.24, 2.45) is 0 Å². The first-order chi connectivity index (χ1) is 38.6. The van der Waals surface area contributed by atoms with Crippen molar-refractivity contribution in [3.8, 4) is 77.9 Å². The quantitative estimate of drug-likeness (QED) is 0.125. The summed E-state index contributed by atoms with van der Waals surface area (Å²) in [6.45, 7) is 0. The van der Waals surface area contributed by atoms with Gasteiger partial charge in [-0.1, -0.05) is 267 Å². The second-order valence-electron chi connectivity index (χ2n) is 20.4. The molecular weight excluding hydrogens is 939 g/mol. The van der Waals surface area contributed by atoms with Crippen LogP contribution in [0.15, 0.2) is 322 Å². The van der Waals surface area contributed by atoms with Gasteiger partial charge in [0.2, 0.25) is 0 Å². The van der Waals surface area contributed by atoms with Gasteiger partial charge in [-0.2, -0.15) is 0 Å². The topological polar surface area (TPSA) is 3.24 Å². The molecule has 0 radical (unpaired) electrons. The van der Waals surface area contributed by atoms with Crippen LogP contribution in [-0.2, 0) is 5.41 Å². The van der Waals surface area contributed by atoms with E-state index >= 15 is 0 Å². The average molecular weight is 992 g/mol. The Kier molecular flexibility index (Phi) is 11.8. The lowest BCUT2D eigenvalue weighted by molar-refractivity contribution is 0.769. The Labute approximate surface area is 457 Å². The van der Waals surface area contributed by atoms with Gasteiger partial charge in [0.05, 0.1) is 5.41 Å². The smallest absolute Gasteiger partial charge is 0.0713 e. The molecule has 0 heterocycles. The maximum atomic E-state index is 2.45. The maximum absolute atomic E-state index is 2.45. The first-order valence-corrected chi connectivity index (χ1v) is 27.0. The lowest BCUT2D eigenvalue weighted by Crippen LogP contribution is -2.28. The van der Waals surface area contributed by atoms with E-state index in [4.69, 9.17) is 0 Å². The fraction of sp³-hybridized carbons (Fsp3) is 0.0130. The number of anilines is 3. The van der Waals surface area contributed by atoms with Crippen molar-refractivity contribution in [3.63, 3.8) is 0 Å². The molecule has 14 rings (SSSR count). The normalized spacial score (nSPS) is 12.2. The van der Waals surface area contributed by atoms with Crippen molar-refractivity contribution in [2.75, 3.05) is 4.90 Å². The second kappa shape index (κ2) is 19.9. The zero-order valence-electron chi connectivity index (χ0n) is 43.0. The number of hydrogen-bond acceptors (Lipinski definition) is 1. The van der Waals surface area contributed by atoms with Gasteiger partial charge >= 0.3 is 0 Å². The van der Waals surface area contributed by atoms with Crippen LogP contribution in [0.25, 0.3) is 88.7 Å². The van der Waals surface area contributed by atoms with Crippen molar-refractivity contribution in [1.29, 1.82) is 0 Å². The minimum atomic E-state index is -0.465. The van der Waals surface area contributed by atoms with E-state index in [1.807, 2.05) is 0 Å². The molecule has 0 aromatic heterocycles.